The van der Waals surface area contributed by atoms with Gasteiger partial charge in [-0.15, -0.1) is 0 Å². The van der Waals surface area contributed by atoms with Gasteiger partial charge < -0.3 is 4.74 Å². The Labute approximate surface area is 147 Å². The maximum atomic E-state index is 12.8. The Bertz CT molecular complexity index is 891. The van der Waals surface area contributed by atoms with Crippen LogP contribution in [-0.2, 0) is 10.0 Å². The summed E-state index contributed by atoms with van der Waals surface area (Å²) in [5.74, 6) is 0.143. The lowest BCUT2D eigenvalue weighted by Crippen LogP contribution is -2.44. The number of nitriles is 1. The molecular formula is C17H18N4O3S. The van der Waals surface area contributed by atoms with E-state index >= 15 is 0 Å². The number of aryl methyl sites for hydroxylation is 1. The van der Waals surface area contributed by atoms with Crippen molar-refractivity contribution < 1.29 is 13.2 Å². The Hall–Kier alpha value is -2.50. The van der Waals surface area contributed by atoms with Crippen molar-refractivity contribution in [2.75, 3.05) is 13.1 Å². The molecule has 0 radical (unpaired) electrons. The minimum absolute atomic E-state index is 0.0982. The van der Waals surface area contributed by atoms with Gasteiger partial charge in [0.05, 0.1) is 11.4 Å². The minimum atomic E-state index is -3.57. The van der Waals surface area contributed by atoms with Crippen molar-refractivity contribution in [3.05, 3.63) is 47.9 Å². The summed E-state index contributed by atoms with van der Waals surface area (Å²) in [5.41, 5.74) is 1.10. The molecule has 0 bridgehead atoms. The summed E-state index contributed by atoms with van der Waals surface area (Å²) in [4.78, 5) is 8.20. The molecule has 1 aromatic heterocycles. The monoisotopic (exact) mass is 358 g/mol. The second-order valence-electron chi connectivity index (χ2n) is 5.88. The fourth-order valence-electron chi connectivity index (χ4n) is 2.72. The van der Waals surface area contributed by atoms with E-state index in [2.05, 4.69) is 9.97 Å². The SMILES string of the molecule is Cc1ccc(S(=O)(=O)N2CCCC(Oc3nccnc3C#N)C2)cc1. The number of nitrogens with zero attached hydrogens (tertiary/aromatic N) is 4. The van der Waals surface area contributed by atoms with Gasteiger partial charge in [-0.2, -0.15) is 9.57 Å². The van der Waals surface area contributed by atoms with Gasteiger partial charge in [-0.05, 0) is 31.9 Å². The maximum absolute atomic E-state index is 12.8. The highest BCUT2D eigenvalue weighted by Gasteiger charge is 2.31. The molecule has 2 aromatic rings. The van der Waals surface area contributed by atoms with Crippen LogP contribution in [0.1, 0.15) is 24.1 Å². The molecule has 130 valence electrons. The molecular weight excluding hydrogens is 340 g/mol. The molecule has 7 nitrogen and oxygen atoms in total. The van der Waals surface area contributed by atoms with E-state index in [-0.39, 0.29) is 29.1 Å². The fourth-order valence-corrected chi connectivity index (χ4v) is 4.24. The first-order chi connectivity index (χ1) is 12.0. The Balaban J connectivity index is 1.77. The molecule has 0 N–H and O–H groups in total. The smallest absolute Gasteiger partial charge is 0.251 e. The van der Waals surface area contributed by atoms with Crippen LogP contribution in [0.25, 0.3) is 0 Å². The van der Waals surface area contributed by atoms with Crippen molar-refractivity contribution in [1.82, 2.24) is 14.3 Å². The number of sulfonamides is 1. The van der Waals surface area contributed by atoms with Crippen molar-refractivity contribution in [1.29, 1.82) is 5.26 Å². The van der Waals surface area contributed by atoms with E-state index in [9.17, 15) is 8.42 Å². The van der Waals surface area contributed by atoms with Crippen LogP contribution in [0, 0.1) is 18.3 Å². The minimum Gasteiger partial charge on any atom is -0.471 e. The second kappa shape index (κ2) is 7.17. The first kappa shape index (κ1) is 17.3. The quantitative estimate of drug-likeness (QED) is 0.828. The van der Waals surface area contributed by atoms with Crippen LogP contribution < -0.4 is 4.74 Å². The third-order valence-electron chi connectivity index (χ3n) is 4.05. The molecule has 0 spiro atoms. The summed E-state index contributed by atoms with van der Waals surface area (Å²) in [5, 5.41) is 9.06. The lowest BCUT2D eigenvalue weighted by Gasteiger charge is -2.31. The molecule has 2 heterocycles. The van der Waals surface area contributed by atoms with Crippen LogP contribution in [0.2, 0.25) is 0 Å². The Morgan fingerprint density at radius 3 is 2.68 bits per heavy atom. The van der Waals surface area contributed by atoms with Crippen LogP contribution >= 0.6 is 0 Å². The maximum Gasteiger partial charge on any atom is 0.251 e. The predicted octanol–water partition coefficient (Wildman–Crippen LogP) is 1.89. The number of benzene rings is 1. The van der Waals surface area contributed by atoms with E-state index in [1.165, 1.54) is 16.7 Å². The normalized spacial score (nSPS) is 18.5. The number of rotatable bonds is 4. The molecule has 1 atom stereocenters. The first-order valence-electron chi connectivity index (χ1n) is 7.95. The van der Waals surface area contributed by atoms with Gasteiger partial charge in [-0.1, -0.05) is 17.7 Å². The first-order valence-corrected chi connectivity index (χ1v) is 9.39. The fraction of sp³-hybridized carbons (Fsp3) is 0.353. The summed E-state index contributed by atoms with van der Waals surface area (Å²) in [6.45, 7) is 2.58. The molecule has 0 saturated carbocycles. The lowest BCUT2D eigenvalue weighted by atomic mass is 10.1. The van der Waals surface area contributed by atoms with E-state index in [0.29, 0.717) is 19.4 Å². The molecule has 8 heteroatoms. The number of hydrogen-bond donors (Lipinski definition) is 0. The average molecular weight is 358 g/mol. The van der Waals surface area contributed by atoms with Gasteiger partial charge in [0, 0.05) is 18.9 Å². The molecule has 1 fully saturated rings. The topological polar surface area (TPSA) is 96.2 Å². The van der Waals surface area contributed by atoms with Crippen molar-refractivity contribution in [3.8, 4) is 11.9 Å². The highest BCUT2D eigenvalue weighted by Crippen LogP contribution is 2.24. The second-order valence-corrected chi connectivity index (χ2v) is 7.82. The zero-order valence-corrected chi connectivity index (χ0v) is 14.6. The van der Waals surface area contributed by atoms with Crippen LogP contribution in [0.4, 0.5) is 0 Å². The Morgan fingerprint density at radius 2 is 1.96 bits per heavy atom. The van der Waals surface area contributed by atoms with Crippen molar-refractivity contribution >= 4 is 10.0 Å². The highest BCUT2D eigenvalue weighted by molar-refractivity contribution is 7.89. The van der Waals surface area contributed by atoms with Crippen molar-refractivity contribution in [2.45, 2.75) is 30.8 Å². The van der Waals surface area contributed by atoms with Crippen LogP contribution in [-0.4, -0.2) is 41.9 Å². The van der Waals surface area contributed by atoms with Gasteiger partial charge in [0.1, 0.15) is 12.2 Å². The lowest BCUT2D eigenvalue weighted by molar-refractivity contribution is 0.124. The molecule has 3 rings (SSSR count). The van der Waals surface area contributed by atoms with Gasteiger partial charge in [0.2, 0.25) is 15.7 Å². The molecule has 1 aliphatic rings. The van der Waals surface area contributed by atoms with Gasteiger partial charge in [-0.3, -0.25) is 0 Å². The van der Waals surface area contributed by atoms with Gasteiger partial charge >= 0.3 is 0 Å². The zero-order chi connectivity index (χ0) is 17.9. The number of ether oxygens (including phenoxy) is 1. The summed E-state index contributed by atoms with van der Waals surface area (Å²) >= 11 is 0. The molecule has 25 heavy (non-hydrogen) atoms. The standard InChI is InChI=1S/C17H18N4O3S/c1-13-4-6-15(7-5-13)25(22,23)21-10-2-3-14(12-21)24-17-16(11-18)19-8-9-20-17/h4-9,14H,2-3,10,12H2,1H3. The third-order valence-corrected chi connectivity index (χ3v) is 5.93. The summed E-state index contributed by atoms with van der Waals surface area (Å²) < 4.78 is 32.8. The average Bonchev–Trinajstić information content (AvgIpc) is 2.63. The highest BCUT2D eigenvalue weighted by atomic mass is 32.2. The van der Waals surface area contributed by atoms with Gasteiger partial charge in [0.25, 0.3) is 5.88 Å². The number of piperidine rings is 1. The predicted molar refractivity (Wildman–Crippen MR) is 90.3 cm³/mol. The van der Waals surface area contributed by atoms with E-state index in [1.807, 2.05) is 13.0 Å². The number of hydrogen-bond acceptors (Lipinski definition) is 6. The Morgan fingerprint density at radius 1 is 1.24 bits per heavy atom. The van der Waals surface area contributed by atoms with Gasteiger partial charge in [-0.25, -0.2) is 18.4 Å². The van der Waals surface area contributed by atoms with E-state index < -0.39 is 10.0 Å². The van der Waals surface area contributed by atoms with E-state index in [1.54, 1.807) is 24.3 Å². The van der Waals surface area contributed by atoms with Crippen molar-refractivity contribution in [2.24, 2.45) is 0 Å². The molecule has 1 aromatic carbocycles. The zero-order valence-electron chi connectivity index (χ0n) is 13.8. The molecule has 1 unspecified atom stereocenters. The third kappa shape index (κ3) is 3.78. The molecule has 0 aliphatic carbocycles. The molecule has 1 aliphatic heterocycles. The van der Waals surface area contributed by atoms with E-state index in [4.69, 9.17) is 10.00 Å². The number of aromatic nitrogens is 2. The van der Waals surface area contributed by atoms with Crippen molar-refractivity contribution in [3.63, 3.8) is 0 Å². The molecule has 0 amide bonds. The van der Waals surface area contributed by atoms with Gasteiger partial charge in [0.15, 0.2) is 0 Å². The summed E-state index contributed by atoms with van der Waals surface area (Å²) in [6.07, 6.45) is 3.87. The molecule has 1 saturated heterocycles. The van der Waals surface area contributed by atoms with Crippen LogP contribution in [0.3, 0.4) is 0 Å². The summed E-state index contributed by atoms with van der Waals surface area (Å²) in [6, 6.07) is 8.72. The largest absolute Gasteiger partial charge is 0.471 e. The van der Waals surface area contributed by atoms with E-state index in [0.717, 1.165) is 5.56 Å². The Kier molecular flexibility index (Phi) is 4.97. The van der Waals surface area contributed by atoms with Crippen LogP contribution in [0.15, 0.2) is 41.6 Å². The summed E-state index contributed by atoms with van der Waals surface area (Å²) in [7, 11) is -3.57. The van der Waals surface area contributed by atoms with Crippen LogP contribution in [0.5, 0.6) is 5.88 Å².